The molecule has 2 aromatic rings. The van der Waals surface area contributed by atoms with Crippen LogP contribution in [0.25, 0.3) is 0 Å². The zero-order valence-corrected chi connectivity index (χ0v) is 17.1. The molecular weight excluding hydrogens is 421 g/mol. The lowest BCUT2D eigenvalue weighted by Gasteiger charge is -2.36. The van der Waals surface area contributed by atoms with Crippen LogP contribution in [0.3, 0.4) is 0 Å². The van der Waals surface area contributed by atoms with Gasteiger partial charge in [0, 0.05) is 25.0 Å². The third kappa shape index (κ3) is 5.82. The van der Waals surface area contributed by atoms with Gasteiger partial charge < -0.3 is 9.88 Å². The van der Waals surface area contributed by atoms with Gasteiger partial charge in [0.2, 0.25) is 5.91 Å². The van der Waals surface area contributed by atoms with Gasteiger partial charge in [-0.05, 0) is 49.9 Å². The molecule has 6 nitrogen and oxygen atoms in total. The average molecular weight is 443 g/mol. The summed E-state index contributed by atoms with van der Waals surface area (Å²) in [6.45, 7) is 1.66. The summed E-state index contributed by atoms with van der Waals surface area (Å²) < 4.78 is 38.9. The van der Waals surface area contributed by atoms with Crippen LogP contribution in [-0.4, -0.2) is 45.7 Å². The molecule has 1 amide bonds. The fourth-order valence-electron chi connectivity index (χ4n) is 3.58. The number of pyridine rings is 2. The Morgan fingerprint density at radius 3 is 2.77 bits per heavy atom. The molecule has 0 unspecified atom stereocenters. The SMILES string of the molecule is C[C@@H](C(=O)Nc1ccc(Cl)cn1)N1CCC[C@@H](c2ccc(=O)n(CC(F)(F)F)c2)C1. The van der Waals surface area contributed by atoms with Crippen molar-refractivity contribution in [3.05, 3.63) is 57.6 Å². The molecule has 30 heavy (non-hydrogen) atoms. The Morgan fingerprint density at radius 2 is 2.10 bits per heavy atom. The number of anilines is 1. The predicted octanol–water partition coefficient (Wildman–Crippen LogP) is 3.67. The first kappa shape index (κ1) is 22.3. The molecule has 1 aliphatic rings. The average Bonchev–Trinajstić information content (AvgIpc) is 2.70. The van der Waals surface area contributed by atoms with Crippen LogP contribution < -0.4 is 10.9 Å². The van der Waals surface area contributed by atoms with Crippen molar-refractivity contribution in [2.45, 2.75) is 44.4 Å². The van der Waals surface area contributed by atoms with Gasteiger partial charge in [-0.3, -0.25) is 14.5 Å². The predicted molar refractivity (Wildman–Crippen MR) is 108 cm³/mol. The summed E-state index contributed by atoms with van der Waals surface area (Å²) >= 11 is 5.80. The Morgan fingerprint density at radius 1 is 1.33 bits per heavy atom. The molecule has 1 N–H and O–H groups in total. The van der Waals surface area contributed by atoms with Crippen LogP contribution in [0.2, 0.25) is 5.02 Å². The van der Waals surface area contributed by atoms with Crippen molar-refractivity contribution < 1.29 is 18.0 Å². The monoisotopic (exact) mass is 442 g/mol. The number of nitrogens with one attached hydrogen (secondary N) is 1. The highest BCUT2D eigenvalue weighted by molar-refractivity contribution is 6.30. The molecule has 1 saturated heterocycles. The number of rotatable bonds is 5. The largest absolute Gasteiger partial charge is 0.406 e. The summed E-state index contributed by atoms with van der Waals surface area (Å²) in [6.07, 6.45) is -0.183. The topological polar surface area (TPSA) is 67.2 Å². The molecule has 3 heterocycles. The highest BCUT2D eigenvalue weighted by Gasteiger charge is 2.31. The first-order valence-corrected chi connectivity index (χ1v) is 9.94. The summed E-state index contributed by atoms with van der Waals surface area (Å²) in [4.78, 5) is 30.4. The molecule has 1 aliphatic heterocycles. The van der Waals surface area contributed by atoms with E-state index >= 15 is 0 Å². The van der Waals surface area contributed by atoms with E-state index in [4.69, 9.17) is 11.6 Å². The number of carbonyl (C=O) groups is 1. The molecule has 0 spiro atoms. The van der Waals surface area contributed by atoms with Gasteiger partial charge in [0.25, 0.3) is 5.56 Å². The molecule has 162 valence electrons. The molecule has 3 rings (SSSR count). The molecule has 0 aromatic carbocycles. The van der Waals surface area contributed by atoms with Gasteiger partial charge in [-0.15, -0.1) is 0 Å². The molecule has 1 fully saturated rings. The quantitative estimate of drug-likeness (QED) is 0.767. The number of halogens is 4. The van der Waals surface area contributed by atoms with Crippen LogP contribution >= 0.6 is 11.6 Å². The van der Waals surface area contributed by atoms with Gasteiger partial charge in [0.05, 0.1) is 11.1 Å². The number of piperidine rings is 1. The van der Waals surface area contributed by atoms with Crippen molar-refractivity contribution in [2.24, 2.45) is 0 Å². The Kier molecular flexibility index (Phi) is 6.82. The van der Waals surface area contributed by atoms with Gasteiger partial charge in [0.15, 0.2) is 0 Å². The first-order chi connectivity index (χ1) is 14.1. The minimum atomic E-state index is -4.47. The summed E-state index contributed by atoms with van der Waals surface area (Å²) in [5.74, 6) is 0.0966. The third-order valence-electron chi connectivity index (χ3n) is 5.19. The van der Waals surface area contributed by atoms with Gasteiger partial charge in [0.1, 0.15) is 12.4 Å². The van der Waals surface area contributed by atoms with Crippen molar-refractivity contribution in [1.29, 1.82) is 0 Å². The molecule has 0 radical (unpaired) electrons. The minimum absolute atomic E-state index is 0.0669. The molecule has 0 aliphatic carbocycles. The Balaban J connectivity index is 1.68. The zero-order chi connectivity index (χ0) is 21.9. The van der Waals surface area contributed by atoms with Crippen LogP contribution in [0.15, 0.2) is 41.5 Å². The lowest BCUT2D eigenvalue weighted by molar-refractivity contribution is -0.141. The molecule has 0 saturated carbocycles. The van der Waals surface area contributed by atoms with E-state index in [0.717, 1.165) is 12.8 Å². The Bertz CT molecular complexity index is 946. The number of likely N-dealkylation sites (tertiary alicyclic amines) is 1. The number of hydrogen-bond donors (Lipinski definition) is 1. The number of nitrogens with zero attached hydrogens (tertiary/aromatic N) is 3. The highest BCUT2D eigenvalue weighted by atomic mass is 35.5. The van der Waals surface area contributed by atoms with Crippen LogP contribution in [0, 0.1) is 0 Å². The van der Waals surface area contributed by atoms with E-state index in [9.17, 15) is 22.8 Å². The fourth-order valence-corrected chi connectivity index (χ4v) is 3.70. The summed E-state index contributed by atoms with van der Waals surface area (Å²) in [6, 6.07) is 5.53. The van der Waals surface area contributed by atoms with E-state index < -0.39 is 24.3 Å². The Hall–Kier alpha value is -2.39. The maximum atomic E-state index is 12.7. The molecule has 10 heteroatoms. The Labute approximate surface area is 176 Å². The maximum absolute atomic E-state index is 12.7. The number of hydrogen-bond acceptors (Lipinski definition) is 4. The second kappa shape index (κ2) is 9.18. The standard InChI is InChI=1S/C20H22ClF3N4O2/c1-13(19(30)26-17-6-5-16(21)9-25-17)27-8-2-3-14(10-27)15-4-7-18(29)28(11-15)12-20(22,23)24/h4-7,9,11,13-14H,2-3,8,10,12H2,1H3,(H,25,26,30)/t13-,14+/m0/s1. The van der Waals surface area contributed by atoms with Crippen LogP contribution in [0.4, 0.5) is 19.0 Å². The van der Waals surface area contributed by atoms with Crippen LogP contribution in [0.1, 0.15) is 31.2 Å². The third-order valence-corrected chi connectivity index (χ3v) is 5.41. The minimum Gasteiger partial charge on any atom is -0.309 e. The molecule has 2 aromatic heterocycles. The summed E-state index contributed by atoms with van der Waals surface area (Å²) in [5.41, 5.74) is -0.0255. The maximum Gasteiger partial charge on any atom is 0.406 e. The van der Waals surface area contributed by atoms with Crippen molar-refractivity contribution in [3.63, 3.8) is 0 Å². The fraction of sp³-hybridized carbons (Fsp3) is 0.450. The number of carbonyl (C=O) groups excluding carboxylic acids is 1. The van der Waals surface area contributed by atoms with Gasteiger partial charge in [-0.25, -0.2) is 4.98 Å². The lowest BCUT2D eigenvalue weighted by atomic mass is 9.91. The van der Waals surface area contributed by atoms with Crippen LogP contribution in [-0.2, 0) is 11.3 Å². The van der Waals surface area contributed by atoms with E-state index in [2.05, 4.69) is 10.3 Å². The van der Waals surface area contributed by atoms with E-state index in [0.29, 0.717) is 34.1 Å². The van der Waals surface area contributed by atoms with E-state index in [-0.39, 0.29) is 11.8 Å². The van der Waals surface area contributed by atoms with Gasteiger partial charge in [-0.1, -0.05) is 17.7 Å². The normalized spacial score (nSPS) is 18.8. The second-order valence-corrected chi connectivity index (χ2v) is 7.84. The van der Waals surface area contributed by atoms with Gasteiger partial charge in [-0.2, -0.15) is 13.2 Å². The van der Waals surface area contributed by atoms with Gasteiger partial charge >= 0.3 is 6.18 Å². The zero-order valence-electron chi connectivity index (χ0n) is 16.3. The van der Waals surface area contributed by atoms with E-state index in [1.807, 2.05) is 4.90 Å². The number of amides is 1. The van der Waals surface area contributed by atoms with Crippen molar-refractivity contribution in [3.8, 4) is 0 Å². The lowest BCUT2D eigenvalue weighted by Crippen LogP contribution is -2.46. The number of alkyl halides is 3. The van der Waals surface area contributed by atoms with Crippen LogP contribution in [0.5, 0.6) is 0 Å². The summed E-state index contributed by atoms with van der Waals surface area (Å²) in [7, 11) is 0. The highest BCUT2D eigenvalue weighted by Crippen LogP contribution is 2.28. The van der Waals surface area contributed by atoms with Crippen molar-refractivity contribution in [2.75, 3.05) is 18.4 Å². The molecule has 2 atom stereocenters. The van der Waals surface area contributed by atoms with E-state index in [1.54, 1.807) is 25.1 Å². The van der Waals surface area contributed by atoms with Crippen molar-refractivity contribution in [1.82, 2.24) is 14.5 Å². The summed E-state index contributed by atoms with van der Waals surface area (Å²) in [5, 5.41) is 3.21. The molecule has 0 bridgehead atoms. The van der Waals surface area contributed by atoms with Crippen molar-refractivity contribution >= 4 is 23.3 Å². The smallest absolute Gasteiger partial charge is 0.309 e. The number of aromatic nitrogens is 2. The first-order valence-electron chi connectivity index (χ1n) is 9.56. The van der Waals surface area contributed by atoms with E-state index in [1.165, 1.54) is 18.5 Å². The second-order valence-electron chi connectivity index (χ2n) is 7.40. The molecular formula is C20H22ClF3N4O2.